The molecule has 0 radical (unpaired) electrons. The van der Waals surface area contributed by atoms with Crippen LogP contribution in [-0.2, 0) is 39.3 Å². The molecule has 2 amide bonds. The van der Waals surface area contributed by atoms with Gasteiger partial charge in [0, 0.05) is 47.6 Å². The highest BCUT2D eigenvalue weighted by Gasteiger charge is 2.40. The molecular weight excluding hydrogens is 791 g/mol. The summed E-state index contributed by atoms with van der Waals surface area (Å²) >= 11 is 2.50. The van der Waals surface area contributed by atoms with Crippen molar-refractivity contribution in [2.24, 2.45) is 17.0 Å². The van der Waals surface area contributed by atoms with E-state index in [1.54, 1.807) is 34.0 Å². The summed E-state index contributed by atoms with van der Waals surface area (Å²) in [6, 6.07) is 9.53. The van der Waals surface area contributed by atoms with E-state index < -0.39 is 52.3 Å². The first kappa shape index (κ1) is 40.1. The van der Waals surface area contributed by atoms with Crippen LogP contribution in [0.15, 0.2) is 80.3 Å². The molecule has 2 atom stereocenters. The fourth-order valence-corrected chi connectivity index (χ4v) is 12.0. The number of nitrogens with two attached hydrogens (primary N) is 1. The number of benzene rings is 2. The van der Waals surface area contributed by atoms with Crippen LogP contribution in [0.5, 0.6) is 0 Å². The Morgan fingerprint density at radius 2 is 1.35 bits per heavy atom. The number of carbonyl (C=O) groups excluding carboxylic acids is 2. The Hall–Kier alpha value is -3.55. The SMILES string of the molecule is CS(=O)(=O)c1ccc(N(C(=O)C(CC2CCCC2)CC(C(=O)N(c2nccs2)C2CCCC2)c2ccc(S(N)(=O)=O)cc2)c2nccs2)cc1S(C)(=O)=O. The number of hydrogen-bond acceptors (Lipinski definition) is 12. The highest BCUT2D eigenvalue weighted by atomic mass is 32.2. The first-order valence-electron chi connectivity index (χ1n) is 17.7. The van der Waals surface area contributed by atoms with Crippen molar-refractivity contribution in [3.63, 3.8) is 0 Å². The number of amides is 2. The minimum Gasteiger partial charge on any atom is -0.284 e. The summed E-state index contributed by atoms with van der Waals surface area (Å²) in [5.41, 5.74) is 0.629. The first-order chi connectivity index (χ1) is 25.5. The average molecular weight is 834 g/mol. The lowest BCUT2D eigenvalue weighted by atomic mass is 9.81. The second-order valence-corrected chi connectivity index (χ2v) is 21.4. The van der Waals surface area contributed by atoms with E-state index >= 15 is 9.59 Å². The molecule has 2 heterocycles. The number of hydrogen-bond donors (Lipinski definition) is 1. The summed E-state index contributed by atoms with van der Waals surface area (Å²) in [4.78, 5) is 41.3. The summed E-state index contributed by atoms with van der Waals surface area (Å²) in [5.74, 6) is -2.20. The molecule has 2 aliphatic carbocycles. The van der Waals surface area contributed by atoms with Gasteiger partial charge in [0.05, 0.1) is 26.3 Å². The normalized spacial score (nSPS) is 17.0. The van der Waals surface area contributed by atoms with Crippen molar-refractivity contribution in [2.45, 2.75) is 90.9 Å². The smallest absolute Gasteiger partial charge is 0.238 e. The molecule has 0 aliphatic heterocycles. The lowest BCUT2D eigenvalue weighted by Crippen LogP contribution is -2.43. The molecule has 2 unspecified atom stereocenters. The van der Waals surface area contributed by atoms with Gasteiger partial charge in [0.2, 0.25) is 21.8 Å². The topological polar surface area (TPSA) is 195 Å². The summed E-state index contributed by atoms with van der Waals surface area (Å²) in [7, 11) is -12.0. The molecule has 0 bridgehead atoms. The van der Waals surface area contributed by atoms with Crippen LogP contribution in [0.2, 0.25) is 0 Å². The predicted octanol–water partition coefficient (Wildman–Crippen LogP) is 6.06. The quantitative estimate of drug-likeness (QED) is 0.156. The number of anilines is 3. The fraction of sp³-hybridized carbons (Fsp3) is 0.444. The van der Waals surface area contributed by atoms with Crippen molar-refractivity contribution in [3.05, 3.63) is 71.2 Å². The maximum absolute atomic E-state index is 15.2. The van der Waals surface area contributed by atoms with Crippen molar-refractivity contribution in [2.75, 3.05) is 22.3 Å². The Bertz CT molecular complexity index is 2290. The van der Waals surface area contributed by atoms with Gasteiger partial charge in [0.25, 0.3) is 0 Å². The molecule has 0 saturated heterocycles. The van der Waals surface area contributed by atoms with Crippen LogP contribution in [0.1, 0.15) is 75.7 Å². The van der Waals surface area contributed by atoms with Gasteiger partial charge in [-0.15, -0.1) is 22.7 Å². The van der Waals surface area contributed by atoms with Crippen LogP contribution < -0.4 is 14.9 Å². The number of rotatable bonds is 14. The molecule has 18 heteroatoms. The van der Waals surface area contributed by atoms with Gasteiger partial charge in [-0.05, 0) is 67.5 Å². The molecule has 2 aliphatic rings. The molecule has 2 saturated carbocycles. The Morgan fingerprint density at radius 1 is 0.778 bits per heavy atom. The number of carbonyl (C=O) groups is 2. The number of sulfonamides is 1. The number of sulfone groups is 2. The molecule has 54 heavy (non-hydrogen) atoms. The number of nitrogens with zero attached hydrogens (tertiary/aromatic N) is 4. The predicted molar refractivity (Wildman–Crippen MR) is 209 cm³/mol. The van der Waals surface area contributed by atoms with E-state index in [1.807, 2.05) is 0 Å². The minimum atomic E-state index is -4.07. The van der Waals surface area contributed by atoms with Crippen LogP contribution >= 0.6 is 22.7 Å². The summed E-state index contributed by atoms with van der Waals surface area (Å²) in [5, 5.41) is 9.69. The van der Waals surface area contributed by atoms with Gasteiger partial charge in [-0.3, -0.25) is 19.4 Å². The highest BCUT2D eigenvalue weighted by molar-refractivity contribution is 7.93. The Morgan fingerprint density at radius 3 is 1.89 bits per heavy atom. The van der Waals surface area contributed by atoms with E-state index in [2.05, 4.69) is 9.97 Å². The van der Waals surface area contributed by atoms with Gasteiger partial charge in [-0.2, -0.15) is 0 Å². The van der Waals surface area contributed by atoms with Gasteiger partial charge in [-0.25, -0.2) is 40.4 Å². The zero-order valence-electron chi connectivity index (χ0n) is 29.9. The van der Waals surface area contributed by atoms with Crippen molar-refractivity contribution in [1.82, 2.24) is 9.97 Å². The van der Waals surface area contributed by atoms with E-state index in [9.17, 15) is 25.3 Å². The van der Waals surface area contributed by atoms with Crippen molar-refractivity contribution < 1.29 is 34.8 Å². The maximum atomic E-state index is 15.2. The Balaban J connectivity index is 1.48. The zero-order chi connectivity index (χ0) is 38.8. The largest absolute Gasteiger partial charge is 0.284 e. The van der Waals surface area contributed by atoms with Gasteiger partial charge in [0.15, 0.2) is 29.9 Å². The third-order valence-corrected chi connectivity index (χ3v) is 15.1. The summed E-state index contributed by atoms with van der Waals surface area (Å²) < 4.78 is 75.6. The number of aromatic nitrogens is 2. The average Bonchev–Trinajstić information content (AvgIpc) is 3.95. The van der Waals surface area contributed by atoms with Crippen molar-refractivity contribution >= 4 is 80.1 Å². The standard InChI is InChI=1S/C36H43N5O8S5/c1-52(44,45)31-16-13-28(23-32(31)53(2,46)47)41(36-39-18-20-51-36)33(42)26(21-24-7-3-4-8-24)22-30(25-11-14-29(15-12-25)54(37,48)49)34(43)40(27-9-5-6-10-27)35-38-17-19-50-35/h11-20,23-24,26-27,30H,3-10,21-22H2,1-2H3,(H2,37,48,49). The molecule has 13 nitrogen and oxygen atoms in total. The third kappa shape index (κ3) is 9.11. The van der Waals surface area contributed by atoms with Crippen LogP contribution in [0.3, 0.4) is 0 Å². The van der Waals surface area contributed by atoms with E-state index in [0.717, 1.165) is 75.2 Å². The number of thiazole rings is 2. The summed E-state index contributed by atoms with van der Waals surface area (Å²) in [6.45, 7) is 0. The molecule has 290 valence electrons. The van der Waals surface area contributed by atoms with E-state index in [1.165, 1.54) is 52.8 Å². The van der Waals surface area contributed by atoms with Crippen LogP contribution in [0.4, 0.5) is 16.0 Å². The highest BCUT2D eigenvalue weighted by Crippen LogP contribution is 2.41. The zero-order valence-corrected chi connectivity index (χ0v) is 34.0. The fourth-order valence-electron chi connectivity index (χ4n) is 7.67. The Kier molecular flexibility index (Phi) is 12.1. The monoisotopic (exact) mass is 833 g/mol. The molecule has 2 fully saturated rings. The molecule has 0 spiro atoms. The molecule has 2 aromatic heterocycles. The van der Waals surface area contributed by atoms with Gasteiger partial charge >= 0.3 is 0 Å². The molecule has 6 rings (SSSR count). The lowest BCUT2D eigenvalue weighted by molar-refractivity contribution is -0.124. The van der Waals surface area contributed by atoms with Gasteiger partial charge < -0.3 is 0 Å². The molecule has 2 N–H and O–H groups in total. The van der Waals surface area contributed by atoms with Crippen LogP contribution in [0.25, 0.3) is 0 Å². The Labute approximate surface area is 324 Å². The van der Waals surface area contributed by atoms with Crippen LogP contribution in [0, 0.1) is 11.8 Å². The van der Waals surface area contributed by atoms with E-state index in [4.69, 9.17) is 5.14 Å². The van der Waals surface area contributed by atoms with Gasteiger partial charge in [0.1, 0.15) is 0 Å². The first-order valence-corrected chi connectivity index (χ1v) is 24.7. The summed E-state index contributed by atoms with van der Waals surface area (Å²) in [6.07, 6.45) is 12.7. The lowest BCUT2D eigenvalue weighted by Gasteiger charge is -2.33. The van der Waals surface area contributed by atoms with Crippen molar-refractivity contribution in [3.8, 4) is 0 Å². The second-order valence-electron chi connectivity index (χ2n) is 14.1. The second kappa shape index (κ2) is 16.3. The minimum absolute atomic E-state index is 0.0414. The van der Waals surface area contributed by atoms with E-state index in [-0.39, 0.29) is 44.9 Å². The molecule has 2 aromatic carbocycles. The number of primary sulfonamides is 1. The van der Waals surface area contributed by atoms with Gasteiger partial charge in [-0.1, -0.05) is 50.7 Å². The molecule has 4 aromatic rings. The maximum Gasteiger partial charge on any atom is 0.238 e. The van der Waals surface area contributed by atoms with Crippen LogP contribution in [-0.4, -0.2) is 65.6 Å². The van der Waals surface area contributed by atoms with Crippen molar-refractivity contribution in [1.29, 1.82) is 0 Å². The van der Waals surface area contributed by atoms with E-state index in [0.29, 0.717) is 17.1 Å². The molecular formula is C36H43N5O8S5. The third-order valence-electron chi connectivity index (χ3n) is 10.2.